The van der Waals surface area contributed by atoms with Gasteiger partial charge < -0.3 is 15.0 Å². The Balaban J connectivity index is 2.07. The van der Waals surface area contributed by atoms with Crippen LogP contribution in [0.2, 0.25) is 0 Å². The number of ether oxygens (including phenoxy) is 1. The lowest BCUT2D eigenvalue weighted by atomic mass is 10.1. The van der Waals surface area contributed by atoms with Crippen LogP contribution in [0.1, 0.15) is 13.8 Å². The van der Waals surface area contributed by atoms with Crippen molar-refractivity contribution in [3.8, 4) is 5.75 Å². The van der Waals surface area contributed by atoms with Crippen LogP contribution in [0, 0.1) is 5.92 Å². The van der Waals surface area contributed by atoms with Gasteiger partial charge in [0.05, 0.1) is 17.8 Å². The van der Waals surface area contributed by atoms with E-state index in [-0.39, 0.29) is 22.6 Å². The molecule has 0 spiro atoms. The second-order valence-corrected chi connectivity index (χ2v) is 7.98. The molecular formula is C16H24N2O4S. The number of piperazine rings is 1. The van der Waals surface area contributed by atoms with Crippen molar-refractivity contribution in [2.75, 3.05) is 32.5 Å². The van der Waals surface area contributed by atoms with E-state index in [0.29, 0.717) is 12.3 Å². The average molecular weight is 340 g/mol. The maximum absolute atomic E-state index is 12.5. The summed E-state index contributed by atoms with van der Waals surface area (Å²) < 4.78 is 30.0. The molecule has 1 saturated heterocycles. The summed E-state index contributed by atoms with van der Waals surface area (Å²) in [4.78, 5) is 14.5. The van der Waals surface area contributed by atoms with Gasteiger partial charge in [0.15, 0.2) is 9.84 Å². The largest absolute Gasteiger partial charge is 0.497 e. The summed E-state index contributed by atoms with van der Waals surface area (Å²) in [6.45, 7) is 5.75. The predicted molar refractivity (Wildman–Crippen MR) is 88.3 cm³/mol. The zero-order valence-corrected chi connectivity index (χ0v) is 14.6. The smallest absolute Gasteiger partial charge is 0.226 e. The molecule has 1 heterocycles. The lowest BCUT2D eigenvalue weighted by Crippen LogP contribution is -2.54. The van der Waals surface area contributed by atoms with Crippen molar-refractivity contribution in [2.24, 2.45) is 5.92 Å². The molecule has 1 N–H and O–H groups in total. The van der Waals surface area contributed by atoms with Gasteiger partial charge in [-0.3, -0.25) is 4.79 Å². The molecule has 0 saturated carbocycles. The highest BCUT2D eigenvalue weighted by atomic mass is 32.2. The SMILES string of the molecule is COc1ccc(S(=O)(=O)C[C@@H](C)C(=O)N2CCNC[C@H]2C)cc1. The molecule has 1 aliphatic rings. The molecule has 2 atom stereocenters. The molecule has 1 amide bonds. The van der Waals surface area contributed by atoms with Gasteiger partial charge in [-0.15, -0.1) is 0 Å². The minimum absolute atomic E-state index is 0.0855. The number of methoxy groups -OCH3 is 1. The Morgan fingerprint density at radius 2 is 2.04 bits per heavy atom. The van der Waals surface area contributed by atoms with Crippen LogP contribution in [-0.4, -0.2) is 57.8 Å². The molecule has 128 valence electrons. The van der Waals surface area contributed by atoms with Crippen molar-refractivity contribution in [1.82, 2.24) is 10.2 Å². The number of rotatable bonds is 5. The lowest BCUT2D eigenvalue weighted by Gasteiger charge is -2.35. The van der Waals surface area contributed by atoms with E-state index in [1.165, 1.54) is 19.2 Å². The Bertz CT molecular complexity index is 643. The van der Waals surface area contributed by atoms with Crippen molar-refractivity contribution in [3.05, 3.63) is 24.3 Å². The van der Waals surface area contributed by atoms with Crippen LogP contribution in [0.25, 0.3) is 0 Å². The van der Waals surface area contributed by atoms with E-state index >= 15 is 0 Å². The van der Waals surface area contributed by atoms with Crippen LogP contribution in [0.15, 0.2) is 29.2 Å². The molecular weight excluding hydrogens is 316 g/mol. The first-order valence-electron chi connectivity index (χ1n) is 7.73. The zero-order valence-electron chi connectivity index (χ0n) is 13.8. The first-order chi connectivity index (χ1) is 10.8. The fourth-order valence-electron chi connectivity index (χ4n) is 2.73. The number of carbonyl (C=O) groups is 1. The molecule has 7 heteroatoms. The van der Waals surface area contributed by atoms with Crippen molar-refractivity contribution in [3.63, 3.8) is 0 Å². The third-order valence-electron chi connectivity index (χ3n) is 4.09. The Hall–Kier alpha value is -1.60. The Morgan fingerprint density at radius 3 is 2.61 bits per heavy atom. The summed E-state index contributed by atoms with van der Waals surface area (Å²) in [6, 6.07) is 6.33. The van der Waals surface area contributed by atoms with Crippen molar-refractivity contribution < 1.29 is 17.9 Å². The van der Waals surface area contributed by atoms with Crippen LogP contribution in [0.4, 0.5) is 0 Å². The van der Waals surface area contributed by atoms with E-state index in [4.69, 9.17) is 4.74 Å². The number of hydrogen-bond acceptors (Lipinski definition) is 5. The van der Waals surface area contributed by atoms with Crippen LogP contribution in [0.3, 0.4) is 0 Å². The van der Waals surface area contributed by atoms with Crippen LogP contribution in [-0.2, 0) is 14.6 Å². The number of hydrogen-bond donors (Lipinski definition) is 1. The van der Waals surface area contributed by atoms with Gasteiger partial charge in [0, 0.05) is 31.6 Å². The van der Waals surface area contributed by atoms with Gasteiger partial charge in [-0.2, -0.15) is 0 Å². The third-order valence-corrected chi connectivity index (χ3v) is 6.02. The monoisotopic (exact) mass is 340 g/mol. The number of amides is 1. The molecule has 1 aromatic carbocycles. The molecule has 6 nitrogen and oxygen atoms in total. The van der Waals surface area contributed by atoms with E-state index in [0.717, 1.165) is 13.1 Å². The summed E-state index contributed by atoms with van der Waals surface area (Å²) in [5.74, 6) is -0.254. The van der Waals surface area contributed by atoms with Crippen LogP contribution >= 0.6 is 0 Å². The summed E-state index contributed by atoms with van der Waals surface area (Å²) in [7, 11) is -1.98. The molecule has 0 aromatic heterocycles. The average Bonchev–Trinajstić information content (AvgIpc) is 2.54. The Morgan fingerprint density at radius 1 is 1.39 bits per heavy atom. The molecule has 0 radical (unpaired) electrons. The van der Waals surface area contributed by atoms with Crippen molar-refractivity contribution in [2.45, 2.75) is 24.8 Å². The highest BCUT2D eigenvalue weighted by Crippen LogP contribution is 2.20. The fraction of sp³-hybridized carbons (Fsp3) is 0.562. The topological polar surface area (TPSA) is 75.7 Å². The number of sulfone groups is 1. The molecule has 1 aliphatic heterocycles. The number of carbonyl (C=O) groups excluding carboxylic acids is 1. The molecule has 0 unspecified atom stereocenters. The highest BCUT2D eigenvalue weighted by Gasteiger charge is 2.30. The van der Waals surface area contributed by atoms with Gasteiger partial charge in [-0.25, -0.2) is 8.42 Å². The van der Waals surface area contributed by atoms with Gasteiger partial charge in [0.25, 0.3) is 0 Å². The van der Waals surface area contributed by atoms with Gasteiger partial charge in [0.1, 0.15) is 5.75 Å². The third kappa shape index (κ3) is 4.23. The molecule has 0 bridgehead atoms. The first-order valence-corrected chi connectivity index (χ1v) is 9.38. The standard InChI is InChI=1S/C16H24N2O4S/c1-12(16(19)18-9-8-17-10-13(18)2)11-23(20,21)15-6-4-14(22-3)5-7-15/h4-7,12-13,17H,8-11H2,1-3H3/t12-,13-/m1/s1. The van der Waals surface area contributed by atoms with Gasteiger partial charge in [-0.05, 0) is 31.2 Å². The van der Waals surface area contributed by atoms with Crippen molar-refractivity contribution >= 4 is 15.7 Å². The quantitative estimate of drug-likeness (QED) is 0.863. The van der Waals surface area contributed by atoms with Crippen LogP contribution in [0.5, 0.6) is 5.75 Å². The molecule has 23 heavy (non-hydrogen) atoms. The first kappa shape index (κ1) is 17.7. The predicted octanol–water partition coefficient (Wildman–Crippen LogP) is 0.925. The van der Waals surface area contributed by atoms with E-state index in [2.05, 4.69) is 5.32 Å². The minimum Gasteiger partial charge on any atom is -0.497 e. The molecule has 2 rings (SSSR count). The highest BCUT2D eigenvalue weighted by molar-refractivity contribution is 7.91. The lowest BCUT2D eigenvalue weighted by molar-refractivity contribution is -0.137. The molecule has 1 aromatic rings. The summed E-state index contributed by atoms with van der Waals surface area (Å²) in [5.41, 5.74) is 0. The summed E-state index contributed by atoms with van der Waals surface area (Å²) in [6.07, 6.45) is 0. The number of nitrogens with zero attached hydrogens (tertiary/aromatic N) is 1. The van der Waals surface area contributed by atoms with Crippen LogP contribution < -0.4 is 10.1 Å². The maximum Gasteiger partial charge on any atom is 0.226 e. The zero-order chi connectivity index (χ0) is 17.0. The molecule has 0 aliphatic carbocycles. The molecule has 1 fully saturated rings. The maximum atomic E-state index is 12.5. The van der Waals surface area contributed by atoms with Gasteiger partial charge >= 0.3 is 0 Å². The number of nitrogens with one attached hydrogen (secondary N) is 1. The Labute approximate surface area is 137 Å². The van der Waals surface area contributed by atoms with E-state index in [1.807, 2.05) is 6.92 Å². The van der Waals surface area contributed by atoms with E-state index in [1.54, 1.807) is 24.0 Å². The van der Waals surface area contributed by atoms with Gasteiger partial charge in [-0.1, -0.05) is 6.92 Å². The second-order valence-electron chi connectivity index (χ2n) is 5.94. The number of benzene rings is 1. The minimum atomic E-state index is -3.50. The fourth-order valence-corrected chi connectivity index (χ4v) is 4.28. The summed E-state index contributed by atoms with van der Waals surface area (Å²) in [5, 5.41) is 3.22. The van der Waals surface area contributed by atoms with E-state index < -0.39 is 15.8 Å². The van der Waals surface area contributed by atoms with E-state index in [9.17, 15) is 13.2 Å². The van der Waals surface area contributed by atoms with Crippen molar-refractivity contribution in [1.29, 1.82) is 0 Å². The summed E-state index contributed by atoms with van der Waals surface area (Å²) >= 11 is 0. The normalized spacial score (nSPS) is 20.1. The second kappa shape index (κ2) is 7.31. The van der Waals surface area contributed by atoms with Gasteiger partial charge in [0.2, 0.25) is 5.91 Å². The Kier molecular flexibility index (Phi) is 5.64.